The fourth-order valence-corrected chi connectivity index (χ4v) is 0.554. The summed E-state index contributed by atoms with van der Waals surface area (Å²) in [4.78, 5) is 12.4. The molecule has 0 aromatic heterocycles. The Morgan fingerprint density at radius 1 is 1.46 bits per heavy atom. The van der Waals surface area contributed by atoms with Crippen LogP contribution in [0.3, 0.4) is 0 Å². The maximum Gasteiger partial charge on any atom is 0.422 e. The van der Waals surface area contributed by atoms with Crippen molar-refractivity contribution >= 4 is 17.4 Å². The van der Waals surface area contributed by atoms with Crippen LogP contribution < -0.4 is 10.3 Å². The summed E-state index contributed by atoms with van der Waals surface area (Å²) in [5, 5.41) is 0. The van der Waals surface area contributed by atoms with Crippen LogP contribution in [0.4, 0.5) is 4.79 Å². The fraction of sp³-hybridized carbons (Fsp3) is 0.800. The molecule has 1 atom stereocenters. The molecule has 1 amide bonds. The zero-order valence-electron chi connectivity index (χ0n) is 7.34. The van der Waals surface area contributed by atoms with E-state index in [9.17, 15) is 13.6 Å². The fourth-order valence-electron chi connectivity index (χ4n) is 0.387. The molecule has 0 aliphatic rings. The minimum Gasteiger partial charge on any atom is -0.759 e. The molecule has 0 aliphatic heterocycles. The van der Waals surface area contributed by atoms with E-state index in [-0.39, 0.29) is 17.1 Å². The molecule has 0 spiro atoms. The molecule has 0 aliphatic carbocycles. The molecule has 0 aromatic carbocycles. The van der Waals surface area contributed by atoms with Crippen molar-refractivity contribution in [1.82, 2.24) is 10.3 Å². The third-order valence-electron chi connectivity index (χ3n) is 0.635. The smallest absolute Gasteiger partial charge is 0.422 e. The summed E-state index contributed by atoms with van der Waals surface area (Å²) < 4.78 is 24.5. The predicted octanol–water partition coefficient (Wildman–Crippen LogP) is -0.193. The third-order valence-corrected chi connectivity index (χ3v) is 0.904. The van der Waals surface area contributed by atoms with E-state index < -0.39 is 23.0 Å². The van der Waals surface area contributed by atoms with E-state index in [0.717, 1.165) is 0 Å². The summed E-state index contributed by atoms with van der Waals surface area (Å²) in [6.45, 7) is 5.00. The van der Waals surface area contributed by atoms with Gasteiger partial charge in [0.1, 0.15) is 5.60 Å². The summed E-state index contributed by atoms with van der Waals surface area (Å²) in [6, 6.07) is 0. The van der Waals surface area contributed by atoms with Gasteiger partial charge in [0.05, 0.1) is 0 Å². The number of nitrogens with one attached hydrogen (secondary N) is 2. The first-order valence-corrected chi connectivity index (χ1v) is 4.22. The molecule has 0 saturated carbocycles. The van der Waals surface area contributed by atoms with E-state index in [1.807, 2.05) is 5.43 Å². The van der Waals surface area contributed by atoms with Gasteiger partial charge >= 0.3 is 6.09 Å². The second kappa shape index (κ2) is 6.33. The molecule has 83 valence electrons. The largest absolute Gasteiger partial charge is 0.759 e. The number of amides is 1. The summed E-state index contributed by atoms with van der Waals surface area (Å²) in [6.07, 6.45) is -0.841. The van der Waals surface area contributed by atoms with Crippen LogP contribution in [0.1, 0.15) is 20.8 Å². The first-order valence-electron chi connectivity index (χ1n) is 3.15. The van der Waals surface area contributed by atoms with Crippen molar-refractivity contribution in [2.75, 3.05) is 0 Å². The Morgan fingerprint density at radius 3 is 2.23 bits per heavy atom. The van der Waals surface area contributed by atoms with Crippen molar-refractivity contribution in [3.63, 3.8) is 0 Å². The van der Waals surface area contributed by atoms with Gasteiger partial charge < -0.3 is 9.29 Å². The van der Waals surface area contributed by atoms with Crippen LogP contribution in [-0.2, 0) is 33.1 Å². The van der Waals surface area contributed by atoms with Gasteiger partial charge in [-0.15, -0.1) is 0 Å². The first kappa shape index (κ1) is 15.3. The van der Waals surface area contributed by atoms with Gasteiger partial charge in [-0.1, -0.05) is 0 Å². The van der Waals surface area contributed by atoms with Crippen molar-refractivity contribution in [3.05, 3.63) is 0 Å². The molecule has 0 rings (SSSR count). The maximum atomic E-state index is 10.7. The molecule has 2 N–H and O–H groups in total. The van der Waals surface area contributed by atoms with Gasteiger partial charge in [-0.05, 0) is 20.8 Å². The molecule has 0 heterocycles. The van der Waals surface area contributed by atoms with Gasteiger partial charge in [0.15, 0.2) is 0 Å². The number of ether oxygens (including phenoxy) is 1. The summed E-state index contributed by atoms with van der Waals surface area (Å²) >= 11 is -2.53. The Hall–Kier alpha value is -0.141. The van der Waals surface area contributed by atoms with Crippen molar-refractivity contribution in [2.24, 2.45) is 0 Å². The molecule has 0 saturated heterocycles. The van der Waals surface area contributed by atoms with E-state index in [0.29, 0.717) is 0 Å². The monoisotopic (exact) mass is 258 g/mol. The standard InChI is InChI=1S/C5H12N2O4S.Cu/c1-5(2,3)11-4(8)6-7-12(9)10;/h7H,1-3H3,(H,6,8)(H,9,10);/p-1. The predicted molar refractivity (Wildman–Crippen MR) is 41.4 cm³/mol. The number of carbonyl (C=O) groups is 1. The van der Waals surface area contributed by atoms with Crippen LogP contribution in [-0.4, -0.2) is 20.5 Å². The van der Waals surface area contributed by atoms with Crippen LogP contribution in [0.25, 0.3) is 0 Å². The second-order valence-electron chi connectivity index (χ2n) is 2.96. The van der Waals surface area contributed by atoms with Gasteiger partial charge in [0.25, 0.3) is 0 Å². The molecular formula is C5H11CuN2O4S-. The zero-order chi connectivity index (χ0) is 9.78. The average molecular weight is 259 g/mol. The maximum absolute atomic E-state index is 10.7. The Balaban J connectivity index is 0. The minimum absolute atomic E-state index is 0. The van der Waals surface area contributed by atoms with Crippen LogP contribution >= 0.6 is 0 Å². The number of hydrogen-bond donors (Lipinski definition) is 2. The van der Waals surface area contributed by atoms with Gasteiger partial charge in [-0.3, -0.25) is 4.21 Å². The summed E-state index contributed by atoms with van der Waals surface area (Å²) in [5.74, 6) is 0. The van der Waals surface area contributed by atoms with E-state index in [1.54, 1.807) is 25.6 Å². The quantitative estimate of drug-likeness (QED) is 0.408. The Morgan fingerprint density at radius 2 is 1.92 bits per heavy atom. The van der Waals surface area contributed by atoms with Gasteiger partial charge in [-0.2, -0.15) is 4.83 Å². The van der Waals surface area contributed by atoms with Crippen molar-refractivity contribution in [2.45, 2.75) is 26.4 Å². The first-order chi connectivity index (χ1) is 5.31. The van der Waals surface area contributed by atoms with E-state index in [4.69, 9.17) is 4.74 Å². The number of hydrazine groups is 1. The number of carbonyl (C=O) groups excluding carboxylic acids is 1. The minimum atomic E-state index is -2.53. The number of hydrogen-bond acceptors (Lipinski definition) is 4. The van der Waals surface area contributed by atoms with E-state index in [2.05, 4.69) is 0 Å². The molecule has 0 bridgehead atoms. The normalized spacial score (nSPS) is 12.6. The number of rotatable bonds is 2. The average Bonchev–Trinajstić information content (AvgIpc) is 1.79. The Labute approximate surface area is 89.7 Å². The van der Waals surface area contributed by atoms with E-state index in [1.165, 1.54) is 0 Å². The molecule has 0 aromatic rings. The molecule has 1 unspecified atom stereocenters. The van der Waals surface area contributed by atoms with Crippen LogP contribution in [0.15, 0.2) is 0 Å². The summed E-state index contributed by atoms with van der Waals surface area (Å²) in [7, 11) is 0. The molecule has 0 fully saturated rings. The van der Waals surface area contributed by atoms with Crippen molar-refractivity contribution in [1.29, 1.82) is 0 Å². The van der Waals surface area contributed by atoms with Crippen LogP contribution in [0.2, 0.25) is 0 Å². The SMILES string of the molecule is CC(C)(C)OC(=O)NNS(=O)[O-].[Cu]. The van der Waals surface area contributed by atoms with Crippen LogP contribution in [0, 0.1) is 0 Å². The third kappa shape index (κ3) is 11.9. The van der Waals surface area contributed by atoms with Gasteiger partial charge in [0.2, 0.25) is 0 Å². The Bertz CT molecular complexity index is 193. The molecule has 13 heavy (non-hydrogen) atoms. The van der Waals surface area contributed by atoms with Gasteiger partial charge in [-0.25, -0.2) is 10.2 Å². The molecule has 1 radical (unpaired) electrons. The zero-order valence-corrected chi connectivity index (χ0v) is 9.10. The van der Waals surface area contributed by atoms with Crippen LogP contribution in [0.5, 0.6) is 0 Å². The molecule has 8 heteroatoms. The summed E-state index contributed by atoms with van der Waals surface area (Å²) in [5.41, 5.74) is 1.17. The second-order valence-corrected chi connectivity index (χ2v) is 3.64. The van der Waals surface area contributed by atoms with E-state index >= 15 is 0 Å². The molecular weight excluding hydrogens is 248 g/mol. The topological polar surface area (TPSA) is 90.5 Å². The van der Waals surface area contributed by atoms with Gasteiger partial charge in [0, 0.05) is 28.3 Å². The van der Waals surface area contributed by atoms with Crippen molar-refractivity contribution < 1.29 is 35.4 Å². The van der Waals surface area contributed by atoms with Crippen molar-refractivity contribution in [3.8, 4) is 0 Å². The molecule has 6 nitrogen and oxygen atoms in total. The Kier molecular flexibility index (Phi) is 7.47.